The van der Waals surface area contributed by atoms with Crippen molar-refractivity contribution < 1.29 is 12.8 Å². The Morgan fingerprint density at radius 1 is 1.42 bits per heavy atom. The van der Waals surface area contributed by atoms with E-state index in [2.05, 4.69) is 0 Å². The minimum absolute atomic E-state index is 0.0640. The second-order valence-corrected chi connectivity index (χ2v) is 7.12. The molecular formula is C13H19FN2O2S. The van der Waals surface area contributed by atoms with Crippen molar-refractivity contribution in [2.24, 2.45) is 5.92 Å². The van der Waals surface area contributed by atoms with E-state index < -0.39 is 15.8 Å². The lowest BCUT2D eigenvalue weighted by atomic mass is 10.0. The Hall–Kier alpha value is -1.14. The summed E-state index contributed by atoms with van der Waals surface area (Å²) in [6, 6.07) is 3.59. The van der Waals surface area contributed by atoms with Gasteiger partial charge < -0.3 is 5.73 Å². The summed E-state index contributed by atoms with van der Waals surface area (Å²) in [5, 5.41) is 0. The summed E-state index contributed by atoms with van der Waals surface area (Å²) in [5.41, 5.74) is 5.82. The van der Waals surface area contributed by atoms with E-state index in [4.69, 9.17) is 5.73 Å². The van der Waals surface area contributed by atoms with Crippen molar-refractivity contribution >= 4 is 15.7 Å². The highest BCUT2D eigenvalue weighted by molar-refractivity contribution is 7.89. The van der Waals surface area contributed by atoms with Crippen LogP contribution >= 0.6 is 0 Å². The smallest absolute Gasteiger partial charge is 0.246 e. The number of nitrogens with two attached hydrogens (primary N) is 1. The van der Waals surface area contributed by atoms with Crippen LogP contribution in [-0.4, -0.2) is 25.3 Å². The van der Waals surface area contributed by atoms with Gasteiger partial charge in [0.2, 0.25) is 10.0 Å². The first-order valence-electron chi connectivity index (χ1n) is 6.41. The van der Waals surface area contributed by atoms with Gasteiger partial charge >= 0.3 is 0 Å². The van der Waals surface area contributed by atoms with Crippen LogP contribution in [0.2, 0.25) is 0 Å². The van der Waals surface area contributed by atoms with Crippen molar-refractivity contribution in [1.82, 2.24) is 4.31 Å². The third kappa shape index (κ3) is 2.60. The molecule has 1 fully saturated rings. The van der Waals surface area contributed by atoms with Crippen LogP contribution in [0.25, 0.3) is 0 Å². The molecule has 19 heavy (non-hydrogen) atoms. The Balaban J connectivity index is 2.45. The van der Waals surface area contributed by atoms with Gasteiger partial charge in [0.15, 0.2) is 0 Å². The van der Waals surface area contributed by atoms with Crippen molar-refractivity contribution in [3.63, 3.8) is 0 Å². The van der Waals surface area contributed by atoms with Crippen LogP contribution in [-0.2, 0) is 10.0 Å². The van der Waals surface area contributed by atoms with Crippen molar-refractivity contribution in [3.05, 3.63) is 24.0 Å². The lowest BCUT2D eigenvalue weighted by Crippen LogP contribution is -2.38. The molecule has 4 nitrogen and oxygen atoms in total. The zero-order valence-electron chi connectivity index (χ0n) is 11.1. The number of nitrogens with zero attached hydrogens (tertiary/aromatic N) is 1. The highest BCUT2D eigenvalue weighted by Gasteiger charge is 2.38. The summed E-state index contributed by atoms with van der Waals surface area (Å²) in [5.74, 6) is -0.537. The number of hydrogen-bond donors (Lipinski definition) is 1. The van der Waals surface area contributed by atoms with Crippen molar-refractivity contribution in [1.29, 1.82) is 0 Å². The van der Waals surface area contributed by atoms with Gasteiger partial charge in [-0.1, -0.05) is 13.8 Å². The van der Waals surface area contributed by atoms with Gasteiger partial charge in [0, 0.05) is 18.3 Å². The van der Waals surface area contributed by atoms with Crippen LogP contribution in [0.15, 0.2) is 23.1 Å². The number of rotatable bonds is 3. The third-order valence-corrected chi connectivity index (χ3v) is 5.50. The Bertz CT molecular complexity index is 572. The molecule has 0 spiro atoms. The fourth-order valence-corrected chi connectivity index (χ4v) is 4.50. The van der Waals surface area contributed by atoms with Crippen molar-refractivity contribution in [2.45, 2.75) is 37.6 Å². The molecule has 0 bridgehead atoms. The molecule has 1 aromatic rings. The van der Waals surface area contributed by atoms with E-state index in [1.54, 1.807) is 0 Å². The molecule has 6 heteroatoms. The number of nitrogen functional groups attached to an aromatic ring is 1. The highest BCUT2D eigenvalue weighted by atomic mass is 32.2. The largest absolute Gasteiger partial charge is 0.399 e. The maximum absolute atomic E-state index is 13.8. The first kappa shape index (κ1) is 14.3. The SMILES string of the molecule is CC(C)C1CCCN1S(=O)(=O)c1cc(N)ccc1F. The van der Waals surface area contributed by atoms with E-state index in [9.17, 15) is 12.8 Å². The molecule has 1 unspecified atom stereocenters. The monoisotopic (exact) mass is 286 g/mol. The van der Waals surface area contributed by atoms with Gasteiger partial charge in [-0.25, -0.2) is 12.8 Å². The van der Waals surface area contributed by atoms with Crippen LogP contribution in [0.5, 0.6) is 0 Å². The van der Waals surface area contributed by atoms with Crippen LogP contribution in [0.4, 0.5) is 10.1 Å². The topological polar surface area (TPSA) is 63.4 Å². The first-order valence-corrected chi connectivity index (χ1v) is 7.85. The molecule has 0 aromatic heterocycles. The van der Waals surface area contributed by atoms with E-state index in [0.717, 1.165) is 18.9 Å². The van der Waals surface area contributed by atoms with Gasteiger partial charge in [0.1, 0.15) is 10.7 Å². The van der Waals surface area contributed by atoms with Gasteiger partial charge in [-0.05, 0) is 37.0 Å². The molecule has 106 valence electrons. The van der Waals surface area contributed by atoms with E-state index in [0.29, 0.717) is 6.54 Å². The van der Waals surface area contributed by atoms with Crippen molar-refractivity contribution in [3.8, 4) is 0 Å². The molecule has 1 heterocycles. The van der Waals surface area contributed by atoms with Crippen LogP contribution in [0, 0.1) is 11.7 Å². The minimum Gasteiger partial charge on any atom is -0.399 e. The van der Waals surface area contributed by atoms with Gasteiger partial charge in [0.25, 0.3) is 0 Å². The summed E-state index contributed by atoms with van der Waals surface area (Å²) in [4.78, 5) is -0.319. The molecule has 1 aromatic carbocycles. The molecule has 1 saturated heterocycles. The molecule has 2 N–H and O–H groups in total. The maximum atomic E-state index is 13.8. The third-order valence-electron chi connectivity index (χ3n) is 3.56. The zero-order valence-corrected chi connectivity index (χ0v) is 12.0. The minimum atomic E-state index is -3.81. The summed E-state index contributed by atoms with van der Waals surface area (Å²) in [7, 11) is -3.81. The molecular weight excluding hydrogens is 267 g/mol. The maximum Gasteiger partial charge on any atom is 0.246 e. The second-order valence-electron chi connectivity index (χ2n) is 5.26. The molecule has 1 aliphatic rings. The quantitative estimate of drug-likeness (QED) is 0.867. The van der Waals surface area contributed by atoms with Crippen LogP contribution in [0.1, 0.15) is 26.7 Å². The molecule has 0 aliphatic carbocycles. The molecule has 2 rings (SSSR count). The van der Waals surface area contributed by atoms with Gasteiger partial charge in [0.05, 0.1) is 0 Å². The first-order chi connectivity index (χ1) is 8.84. The molecule has 0 radical (unpaired) electrons. The summed E-state index contributed by atoms with van der Waals surface area (Å²) >= 11 is 0. The summed E-state index contributed by atoms with van der Waals surface area (Å²) in [6.07, 6.45) is 1.63. The predicted molar refractivity (Wildman–Crippen MR) is 72.6 cm³/mol. The van der Waals surface area contributed by atoms with Gasteiger partial charge in [-0.15, -0.1) is 0 Å². The van der Waals surface area contributed by atoms with Crippen molar-refractivity contribution in [2.75, 3.05) is 12.3 Å². The van der Waals surface area contributed by atoms with E-state index >= 15 is 0 Å². The summed E-state index contributed by atoms with van der Waals surface area (Å²) in [6.45, 7) is 4.40. The normalized spacial score (nSPS) is 21.2. The Labute approximate surface area is 113 Å². The number of halogens is 1. The van der Waals surface area contributed by atoms with Gasteiger partial charge in [-0.2, -0.15) is 4.31 Å². The average Bonchev–Trinajstić information content (AvgIpc) is 2.82. The molecule has 1 aliphatic heterocycles. The van der Waals surface area contributed by atoms with Crippen LogP contribution in [0.3, 0.4) is 0 Å². The second kappa shape index (κ2) is 5.09. The lowest BCUT2D eigenvalue weighted by molar-refractivity contribution is 0.314. The van der Waals surface area contributed by atoms with E-state index in [-0.39, 0.29) is 22.5 Å². The fourth-order valence-electron chi connectivity index (χ4n) is 2.57. The molecule has 0 saturated carbocycles. The molecule has 0 amide bonds. The van der Waals surface area contributed by atoms with E-state index in [1.807, 2.05) is 13.8 Å². The fraction of sp³-hybridized carbons (Fsp3) is 0.538. The number of benzene rings is 1. The summed E-state index contributed by atoms with van der Waals surface area (Å²) < 4.78 is 40.3. The zero-order chi connectivity index (χ0) is 14.2. The Morgan fingerprint density at radius 3 is 2.74 bits per heavy atom. The average molecular weight is 286 g/mol. The molecule has 1 atom stereocenters. The Kier molecular flexibility index (Phi) is 3.82. The Morgan fingerprint density at radius 2 is 2.11 bits per heavy atom. The number of sulfonamides is 1. The number of hydrogen-bond acceptors (Lipinski definition) is 3. The highest BCUT2D eigenvalue weighted by Crippen LogP contribution is 2.31. The van der Waals surface area contributed by atoms with E-state index in [1.165, 1.54) is 16.4 Å². The standard InChI is InChI=1S/C13H19FN2O2S/c1-9(2)12-4-3-7-16(12)19(17,18)13-8-10(15)5-6-11(13)14/h5-6,8-9,12H,3-4,7,15H2,1-2H3. The van der Waals surface area contributed by atoms with Gasteiger partial charge in [-0.3, -0.25) is 0 Å². The lowest BCUT2D eigenvalue weighted by Gasteiger charge is -2.27. The number of anilines is 1. The predicted octanol–water partition coefficient (Wildman–Crippen LogP) is 2.22. The van der Waals surface area contributed by atoms with Crippen LogP contribution < -0.4 is 5.73 Å².